The van der Waals surface area contributed by atoms with Gasteiger partial charge in [-0.05, 0) is 105 Å². The van der Waals surface area contributed by atoms with Crippen molar-refractivity contribution in [2.75, 3.05) is 38.1 Å². The fourth-order valence-electron chi connectivity index (χ4n) is 8.38. The van der Waals surface area contributed by atoms with Gasteiger partial charge < -0.3 is 29.5 Å². The number of benzene rings is 3. The number of fused-ring (bicyclic) bond motifs is 3. The van der Waals surface area contributed by atoms with E-state index in [0.29, 0.717) is 40.4 Å². The molecule has 5 fully saturated rings. The van der Waals surface area contributed by atoms with Gasteiger partial charge in [0.25, 0.3) is 0 Å². The molecule has 0 amide bonds. The fraction of sp³-hybridized carbons (Fsp3) is 0.432. The van der Waals surface area contributed by atoms with Gasteiger partial charge in [-0.1, -0.05) is 65.7 Å². The van der Waals surface area contributed by atoms with Crippen molar-refractivity contribution in [3.63, 3.8) is 0 Å². The molecule has 3 aromatic carbocycles. The molecule has 18 heteroatoms. The third-order valence-corrected chi connectivity index (χ3v) is 14.4. The summed E-state index contributed by atoms with van der Waals surface area (Å²) in [5, 5.41) is 15.3. The van der Waals surface area contributed by atoms with E-state index in [0.717, 1.165) is 55.5 Å². The maximum absolute atomic E-state index is 14.4. The van der Waals surface area contributed by atoms with Crippen LogP contribution in [0.25, 0.3) is 0 Å². The number of ether oxygens (including phenoxy) is 4. The molecule has 4 aliphatic heterocycles. The molecule has 1 aromatic heterocycles. The van der Waals surface area contributed by atoms with Crippen molar-refractivity contribution in [1.29, 1.82) is 0 Å². The molecular weight excluding hydrogens is 869 g/mol. The zero-order valence-electron chi connectivity index (χ0n) is 33.5. The van der Waals surface area contributed by atoms with Gasteiger partial charge in [-0.3, -0.25) is 9.69 Å². The van der Waals surface area contributed by atoms with Gasteiger partial charge in [-0.15, -0.1) is 0 Å². The highest BCUT2D eigenvalue weighted by Crippen LogP contribution is 2.39. The first-order valence-electron chi connectivity index (χ1n) is 20.7. The Balaban J connectivity index is 1.04. The minimum Gasteiger partial charge on any atom is -0.619 e. The van der Waals surface area contributed by atoms with Crippen molar-refractivity contribution < 1.29 is 50.5 Å². The molecule has 1 aliphatic carbocycles. The van der Waals surface area contributed by atoms with Crippen LogP contribution in [0.4, 0.5) is 14.5 Å². The third-order valence-electron chi connectivity index (χ3n) is 11.9. The summed E-state index contributed by atoms with van der Waals surface area (Å²) < 4.78 is 80.0. The number of hydrogen-bond acceptors (Lipinski definition) is 11. The van der Waals surface area contributed by atoms with Crippen LogP contribution in [0.2, 0.25) is 10.0 Å². The maximum Gasteiger partial charge on any atom is 0.387 e. The Labute approximate surface area is 368 Å². The molecule has 1 N–H and O–H groups in total. The predicted molar refractivity (Wildman–Crippen MR) is 224 cm³/mol. The van der Waals surface area contributed by atoms with Crippen LogP contribution in [0.1, 0.15) is 67.4 Å². The molecule has 1 unspecified atom stereocenters. The second kappa shape index (κ2) is 18.9. The number of nitrogens with zero attached hydrogens (tertiary/aromatic N) is 3. The molecule has 13 nitrogen and oxygen atoms in total. The van der Waals surface area contributed by atoms with E-state index in [4.69, 9.17) is 42.1 Å². The van der Waals surface area contributed by atoms with Gasteiger partial charge in [0.15, 0.2) is 29.9 Å². The summed E-state index contributed by atoms with van der Waals surface area (Å²) >= 11 is 12.9. The van der Waals surface area contributed by atoms with Crippen molar-refractivity contribution in [2.45, 2.75) is 80.7 Å². The van der Waals surface area contributed by atoms with Crippen molar-refractivity contribution in [1.82, 2.24) is 9.21 Å². The van der Waals surface area contributed by atoms with E-state index < -0.39 is 46.8 Å². The number of piperidine rings is 3. The number of carbonyl (C=O) groups excluding carboxylic acids is 2. The molecule has 0 radical (unpaired) electrons. The van der Waals surface area contributed by atoms with E-state index in [1.807, 2.05) is 18.2 Å². The smallest absolute Gasteiger partial charge is 0.387 e. The van der Waals surface area contributed by atoms with E-state index in [9.17, 15) is 32.0 Å². The molecule has 330 valence electrons. The first-order valence-corrected chi connectivity index (χ1v) is 22.9. The lowest BCUT2D eigenvalue weighted by atomic mass is 9.86. The molecular formula is C44H46Cl2F2N4O9S. The molecule has 9 rings (SSSR count). The van der Waals surface area contributed by atoms with Gasteiger partial charge in [0, 0.05) is 30.8 Å². The van der Waals surface area contributed by atoms with Gasteiger partial charge in [0.1, 0.15) is 28.3 Å². The molecule has 4 aromatic rings. The lowest BCUT2D eigenvalue weighted by Gasteiger charge is -2.44. The topological polar surface area (TPSA) is 151 Å². The molecule has 2 bridgehead atoms. The summed E-state index contributed by atoms with van der Waals surface area (Å²) in [4.78, 5) is 30.3. The summed E-state index contributed by atoms with van der Waals surface area (Å²) in [6.45, 7) is -0.199. The van der Waals surface area contributed by atoms with Gasteiger partial charge in [-0.25, -0.2) is 13.2 Å². The number of hydrogen-bond donors (Lipinski definition) is 1. The Kier molecular flexibility index (Phi) is 13.4. The highest BCUT2D eigenvalue weighted by molar-refractivity contribution is 7.89. The molecule has 5 heterocycles. The minimum absolute atomic E-state index is 0.00118. The Morgan fingerprint density at radius 2 is 1.63 bits per heavy atom. The molecule has 0 spiro atoms. The number of pyridine rings is 1. The monoisotopic (exact) mass is 914 g/mol. The second-order valence-electron chi connectivity index (χ2n) is 16.2. The Morgan fingerprint density at radius 1 is 0.887 bits per heavy atom. The number of sulfonamides is 1. The van der Waals surface area contributed by atoms with Crippen LogP contribution in [0.3, 0.4) is 0 Å². The van der Waals surface area contributed by atoms with Crippen LogP contribution in [-0.2, 0) is 35.5 Å². The van der Waals surface area contributed by atoms with E-state index in [2.05, 4.69) is 10.2 Å². The number of alkyl halides is 2. The molecule has 4 saturated heterocycles. The zero-order valence-corrected chi connectivity index (χ0v) is 35.9. The van der Waals surface area contributed by atoms with Gasteiger partial charge in [-0.2, -0.15) is 17.8 Å². The summed E-state index contributed by atoms with van der Waals surface area (Å²) in [5.41, 5.74) is 1.54. The average molecular weight is 916 g/mol. The quantitative estimate of drug-likeness (QED) is 0.0638. The van der Waals surface area contributed by atoms with E-state index in [1.54, 1.807) is 24.3 Å². The van der Waals surface area contributed by atoms with Gasteiger partial charge >= 0.3 is 18.6 Å². The zero-order chi connectivity index (χ0) is 43.5. The van der Waals surface area contributed by atoms with Crippen LogP contribution in [0.5, 0.6) is 11.5 Å². The average Bonchev–Trinajstić information content (AvgIpc) is 3.95. The Hall–Kier alpha value is -4.74. The van der Waals surface area contributed by atoms with Crippen LogP contribution in [-0.4, -0.2) is 81.1 Å². The van der Waals surface area contributed by atoms with Crippen LogP contribution in [0.15, 0.2) is 90.1 Å². The van der Waals surface area contributed by atoms with Gasteiger partial charge in [0.05, 0.1) is 11.5 Å². The molecule has 4 atom stereocenters. The molecule has 62 heavy (non-hydrogen) atoms. The minimum atomic E-state index is -4.33. The standard InChI is InChI=1S/C44H46Cl2F2N4O9S/c45-34-23-51(55)24-35(46)33(34)22-38(30-13-14-37(61-44(47)48)39(20-30)58-26-27-11-12-27)59-42(53)36-10-5-17-52(36)62(56,57)32-9-4-8-31(21-32)49-41(29-6-2-1-3-7-29)43(54)60-40-25-50-18-15-28(40)16-19-50/h1-4,6-9,13-14,20-21,23-24,27-28,36,38,40-41,44,49H,5,10-12,15-19,22,25-26H2/t36-,38-,40-,41?/m0/s1. The van der Waals surface area contributed by atoms with Gasteiger partial charge in [0.2, 0.25) is 10.0 Å². The van der Waals surface area contributed by atoms with Crippen LogP contribution in [0, 0.1) is 17.0 Å². The number of halogens is 4. The molecule has 5 aliphatic rings. The van der Waals surface area contributed by atoms with Crippen molar-refractivity contribution in [2.24, 2.45) is 11.8 Å². The normalized spacial score (nSPS) is 22.2. The number of esters is 2. The van der Waals surface area contributed by atoms with E-state index in [-0.39, 0.29) is 70.0 Å². The highest BCUT2D eigenvalue weighted by Gasteiger charge is 2.42. The van der Waals surface area contributed by atoms with Crippen molar-refractivity contribution >= 4 is 50.9 Å². The number of nitrogens with one attached hydrogen (secondary N) is 1. The van der Waals surface area contributed by atoms with E-state index in [1.165, 1.54) is 30.3 Å². The number of rotatable bonds is 17. The van der Waals surface area contributed by atoms with E-state index >= 15 is 0 Å². The fourth-order valence-corrected chi connectivity index (χ4v) is 10.7. The number of aromatic nitrogens is 1. The Bertz CT molecular complexity index is 2350. The summed E-state index contributed by atoms with van der Waals surface area (Å²) in [7, 11) is -4.33. The summed E-state index contributed by atoms with van der Waals surface area (Å²) in [6, 6.07) is 17.1. The Morgan fingerprint density at radius 3 is 2.31 bits per heavy atom. The van der Waals surface area contributed by atoms with Crippen molar-refractivity contribution in [3.05, 3.63) is 117 Å². The second-order valence-corrected chi connectivity index (χ2v) is 18.9. The largest absolute Gasteiger partial charge is 0.619 e. The number of carbonyl (C=O) groups is 2. The summed E-state index contributed by atoms with van der Waals surface area (Å²) in [5.74, 6) is -1.01. The lowest BCUT2D eigenvalue weighted by Crippen LogP contribution is -2.52. The SMILES string of the molecule is O=C(O[C@H]1CN2CCC1CC2)C(Nc1cccc(S(=O)(=O)N2CCC[C@H]2C(=O)O[C@@H](Cc2c(Cl)c[n+]([O-])cc2Cl)c2ccc(OC(F)F)c(OCC3CC3)c2)c1)c1ccccc1. The highest BCUT2D eigenvalue weighted by atomic mass is 35.5. The predicted octanol–water partition coefficient (Wildman–Crippen LogP) is 7.49. The van der Waals surface area contributed by atoms with Crippen LogP contribution < -0.4 is 19.5 Å². The maximum atomic E-state index is 14.4. The first kappa shape index (κ1) is 43.9. The van der Waals surface area contributed by atoms with Crippen molar-refractivity contribution in [3.8, 4) is 11.5 Å². The van der Waals surface area contributed by atoms with Crippen LogP contribution >= 0.6 is 23.2 Å². The molecule has 1 saturated carbocycles. The third kappa shape index (κ3) is 10.2. The lowest BCUT2D eigenvalue weighted by molar-refractivity contribution is -0.605. The first-order chi connectivity index (χ1) is 29.8. The number of anilines is 1. The summed E-state index contributed by atoms with van der Waals surface area (Å²) in [6.07, 6.45) is 4.86.